The molecule has 2 bridgehead atoms. The highest BCUT2D eigenvalue weighted by Gasteiger charge is 2.47. The molecule has 0 spiro atoms. The highest BCUT2D eigenvalue weighted by Crippen LogP contribution is 2.43. The number of rotatable bonds is 10. The number of benzene rings is 1. The molecule has 1 saturated heterocycles. The fraction of sp³-hybridized carbons (Fsp3) is 0.605. The van der Waals surface area contributed by atoms with Gasteiger partial charge in [0.05, 0.1) is 54.5 Å². The Morgan fingerprint density at radius 2 is 1.71 bits per heavy atom. The smallest absolute Gasteiger partial charge is 0.434 e. The van der Waals surface area contributed by atoms with E-state index >= 15 is 0 Å². The van der Waals surface area contributed by atoms with Gasteiger partial charge in [0.1, 0.15) is 5.75 Å². The van der Waals surface area contributed by atoms with Crippen LogP contribution in [0.1, 0.15) is 86.8 Å². The Kier molecular flexibility index (Phi) is 10.0. The summed E-state index contributed by atoms with van der Waals surface area (Å²) in [5, 5.41) is 12.9. The summed E-state index contributed by atoms with van der Waals surface area (Å²) in [5.74, 6) is -3.87. The first-order valence-electron chi connectivity index (χ1n) is 18.2. The predicted octanol–water partition coefficient (Wildman–Crippen LogP) is 7.58. The third-order valence-corrected chi connectivity index (χ3v) is 11.5. The lowest BCUT2D eigenvalue weighted by atomic mass is 9.66. The summed E-state index contributed by atoms with van der Waals surface area (Å²) in [6, 6.07) is 7.66. The van der Waals surface area contributed by atoms with Crippen molar-refractivity contribution in [1.82, 2.24) is 19.8 Å². The van der Waals surface area contributed by atoms with Crippen molar-refractivity contribution in [3.8, 4) is 17.0 Å². The van der Waals surface area contributed by atoms with E-state index in [4.69, 9.17) is 9.47 Å². The summed E-state index contributed by atoms with van der Waals surface area (Å²) in [5.41, 5.74) is -0.582. The first-order chi connectivity index (χ1) is 24.7. The van der Waals surface area contributed by atoms with Gasteiger partial charge in [-0.05, 0) is 101 Å². The van der Waals surface area contributed by atoms with Gasteiger partial charge >= 0.3 is 12.1 Å². The highest BCUT2D eigenvalue weighted by molar-refractivity contribution is 5.98. The molecule has 2 unspecified atom stereocenters. The van der Waals surface area contributed by atoms with Gasteiger partial charge < -0.3 is 24.5 Å². The topological polar surface area (TPSA) is 106 Å². The molecule has 3 atom stereocenters. The Morgan fingerprint density at radius 1 is 1.02 bits per heavy atom. The molecule has 4 fully saturated rings. The maximum atomic E-state index is 14.6. The predicted molar refractivity (Wildman–Crippen MR) is 182 cm³/mol. The number of methoxy groups -OCH3 is 1. The molecule has 282 valence electrons. The van der Waals surface area contributed by atoms with Crippen LogP contribution in [-0.2, 0) is 15.7 Å². The van der Waals surface area contributed by atoms with Crippen molar-refractivity contribution >= 4 is 22.8 Å². The zero-order valence-corrected chi connectivity index (χ0v) is 29.3. The maximum absolute atomic E-state index is 14.6. The lowest BCUT2D eigenvalue weighted by molar-refractivity contribution is -0.151. The number of amides is 1. The largest absolute Gasteiger partial charge is 0.490 e. The molecule has 4 aliphatic rings. The number of hydrogen-bond donors (Lipinski definition) is 2. The monoisotopic (exact) mass is 732 g/mol. The zero-order chi connectivity index (χ0) is 36.9. The number of pyridine rings is 1. The Balaban J connectivity index is 1.11. The number of nitrogens with zero attached hydrogens (tertiary/aromatic N) is 3. The van der Waals surface area contributed by atoms with Crippen molar-refractivity contribution in [3.05, 3.63) is 47.8 Å². The van der Waals surface area contributed by atoms with Gasteiger partial charge in [-0.1, -0.05) is 0 Å². The lowest BCUT2D eigenvalue weighted by Crippen LogP contribution is -2.60. The van der Waals surface area contributed by atoms with Crippen LogP contribution in [0.25, 0.3) is 22.2 Å². The van der Waals surface area contributed by atoms with Crippen LogP contribution < -0.4 is 10.1 Å². The number of fused-ring (bicyclic) bond motifs is 3. The fourth-order valence-corrected chi connectivity index (χ4v) is 9.16. The number of aliphatic carboxylic acids is 1. The zero-order valence-electron chi connectivity index (χ0n) is 29.3. The van der Waals surface area contributed by atoms with Crippen LogP contribution in [-0.4, -0.2) is 82.4 Å². The molecule has 7 rings (SSSR count). The molecule has 9 nitrogen and oxygen atoms in total. The van der Waals surface area contributed by atoms with Crippen molar-refractivity contribution < 1.29 is 46.1 Å². The van der Waals surface area contributed by atoms with Crippen LogP contribution in [0.4, 0.5) is 22.0 Å². The summed E-state index contributed by atoms with van der Waals surface area (Å²) < 4.78 is 84.1. The van der Waals surface area contributed by atoms with Crippen LogP contribution >= 0.6 is 0 Å². The maximum Gasteiger partial charge on any atom is 0.434 e. The van der Waals surface area contributed by atoms with E-state index in [9.17, 15) is 36.6 Å². The molecular weight excluding hydrogens is 687 g/mol. The van der Waals surface area contributed by atoms with Gasteiger partial charge in [-0.2, -0.15) is 13.2 Å². The second-order valence-electron chi connectivity index (χ2n) is 15.4. The second-order valence-corrected chi connectivity index (χ2v) is 15.4. The van der Waals surface area contributed by atoms with E-state index in [1.165, 1.54) is 12.1 Å². The van der Waals surface area contributed by atoms with E-state index in [2.05, 4.69) is 10.3 Å². The molecule has 2 N–H and O–H groups in total. The fourth-order valence-electron chi connectivity index (χ4n) is 9.16. The first-order valence-corrected chi connectivity index (χ1v) is 18.2. The Bertz CT molecular complexity index is 1780. The van der Waals surface area contributed by atoms with Gasteiger partial charge in [-0.15, -0.1) is 0 Å². The van der Waals surface area contributed by atoms with Gasteiger partial charge in [0, 0.05) is 42.4 Å². The molecule has 2 aromatic heterocycles. The molecule has 3 saturated carbocycles. The van der Waals surface area contributed by atoms with E-state index in [0.717, 1.165) is 37.6 Å². The summed E-state index contributed by atoms with van der Waals surface area (Å²) in [6.07, 6.45) is 2.72. The van der Waals surface area contributed by atoms with Crippen LogP contribution in [0.5, 0.6) is 5.75 Å². The van der Waals surface area contributed by atoms with Gasteiger partial charge in [0.2, 0.25) is 0 Å². The standard InChI is InChI=1S/C38H45F5N4O5/c1-21(18-51-2)47-17-31(29-8-7-28(16-33(29)47)52-27-5-3-26(4-6-27)46-19-37(39,40)20-46)32-10-9-30(34(45-32)38(41,42)43)35(48)44-25-14-22-11-23(15-25)13-24(12-22)36(49)50/h7-10,16-17,21-27H,3-6,11-15,18-20H2,1-2H3,(H,44,48)(H,49,50)/t21-,22?,23?,24?,25?,26-,27-/m1/s1. The Hall–Kier alpha value is -3.78. The van der Waals surface area contributed by atoms with Crippen LogP contribution in [0.3, 0.4) is 0 Å². The van der Waals surface area contributed by atoms with Gasteiger partial charge in [-0.25, -0.2) is 13.8 Å². The third kappa shape index (κ3) is 7.64. The minimum absolute atomic E-state index is 0.0627. The molecule has 14 heteroatoms. The molecule has 3 aromatic rings. The van der Waals surface area contributed by atoms with Crippen molar-refractivity contribution in [2.24, 2.45) is 17.8 Å². The molecule has 1 aromatic carbocycles. The Labute approximate surface area is 298 Å². The van der Waals surface area contributed by atoms with E-state index in [1.807, 2.05) is 22.5 Å². The van der Waals surface area contributed by atoms with E-state index in [1.54, 1.807) is 25.4 Å². The summed E-state index contributed by atoms with van der Waals surface area (Å²) in [4.78, 5) is 30.8. The number of nitrogens with one attached hydrogen (secondary N) is 1. The number of ether oxygens (including phenoxy) is 2. The number of carbonyl (C=O) groups is 2. The van der Waals surface area contributed by atoms with Crippen LogP contribution in [0.2, 0.25) is 0 Å². The van der Waals surface area contributed by atoms with Crippen molar-refractivity contribution in [2.75, 3.05) is 26.8 Å². The minimum Gasteiger partial charge on any atom is -0.490 e. The van der Waals surface area contributed by atoms with Crippen LogP contribution in [0.15, 0.2) is 36.5 Å². The molecule has 0 radical (unpaired) electrons. The first kappa shape index (κ1) is 36.6. The van der Waals surface area contributed by atoms with Crippen molar-refractivity contribution in [3.63, 3.8) is 0 Å². The number of hydrogen-bond acceptors (Lipinski definition) is 6. The van der Waals surface area contributed by atoms with Gasteiger partial charge in [0.15, 0.2) is 5.69 Å². The number of halogens is 5. The van der Waals surface area contributed by atoms with E-state index in [0.29, 0.717) is 49.0 Å². The SMILES string of the molecule is COC[C@@H](C)n1cc(-c2ccc(C(=O)NC3CC4CC(C3)CC(C(=O)O)C4)c(C(F)(F)F)n2)c2ccc(O[C@H]3CC[C@H](N4CC(F)(F)C4)CC3)cc21. The number of aromatic nitrogens is 2. The number of likely N-dealkylation sites (tertiary alicyclic amines) is 1. The Morgan fingerprint density at radius 3 is 2.33 bits per heavy atom. The highest BCUT2D eigenvalue weighted by atomic mass is 19.4. The normalized spacial score (nSPS) is 28.2. The van der Waals surface area contributed by atoms with Crippen molar-refractivity contribution in [1.29, 1.82) is 0 Å². The average Bonchev–Trinajstić information content (AvgIpc) is 3.45. The van der Waals surface area contributed by atoms with E-state index in [-0.39, 0.29) is 54.8 Å². The number of carboxylic acid groups (broad SMARTS) is 1. The third-order valence-electron chi connectivity index (χ3n) is 11.5. The molecule has 3 heterocycles. The minimum atomic E-state index is -4.90. The second kappa shape index (κ2) is 14.2. The molecule has 52 heavy (non-hydrogen) atoms. The summed E-state index contributed by atoms with van der Waals surface area (Å²) >= 11 is 0. The quantitative estimate of drug-likeness (QED) is 0.207. The summed E-state index contributed by atoms with van der Waals surface area (Å²) in [6.45, 7) is 1.90. The molecule has 1 aliphatic heterocycles. The van der Waals surface area contributed by atoms with Gasteiger partial charge in [0.25, 0.3) is 11.8 Å². The average molecular weight is 733 g/mol. The number of carbonyl (C=O) groups excluding carboxylic acids is 1. The van der Waals surface area contributed by atoms with Crippen LogP contribution in [0, 0.1) is 17.8 Å². The number of alkyl halides is 5. The molecule has 3 aliphatic carbocycles. The summed E-state index contributed by atoms with van der Waals surface area (Å²) in [7, 11) is 1.57. The number of carboxylic acids is 1. The molecular formula is C38H45F5N4O5. The van der Waals surface area contributed by atoms with E-state index < -0.39 is 41.2 Å². The molecule has 1 amide bonds. The van der Waals surface area contributed by atoms with Gasteiger partial charge in [-0.3, -0.25) is 14.5 Å². The van der Waals surface area contributed by atoms with Crippen molar-refractivity contribution in [2.45, 2.75) is 101 Å². The lowest BCUT2D eigenvalue weighted by Gasteiger charge is -2.46.